The Labute approximate surface area is 95.8 Å². The molecule has 90 valence electrons. The van der Waals surface area contributed by atoms with Crippen molar-refractivity contribution in [3.05, 3.63) is 0 Å². The molecule has 1 saturated carbocycles. The molecule has 1 aliphatic carbocycles. The lowest BCUT2D eigenvalue weighted by Crippen LogP contribution is -2.52. The van der Waals surface area contributed by atoms with Gasteiger partial charge in [0.25, 0.3) is 0 Å². The fourth-order valence-electron chi connectivity index (χ4n) is 3.44. The highest BCUT2D eigenvalue weighted by molar-refractivity contribution is 4.97. The molecule has 1 rings (SSSR count). The van der Waals surface area contributed by atoms with E-state index in [9.17, 15) is 0 Å². The van der Waals surface area contributed by atoms with Gasteiger partial charge in [-0.05, 0) is 37.0 Å². The zero-order chi connectivity index (χ0) is 11.5. The van der Waals surface area contributed by atoms with Crippen LogP contribution >= 0.6 is 0 Å². The van der Waals surface area contributed by atoms with Crippen molar-refractivity contribution in [3.63, 3.8) is 0 Å². The van der Waals surface area contributed by atoms with Crippen molar-refractivity contribution in [2.45, 2.75) is 71.8 Å². The van der Waals surface area contributed by atoms with Gasteiger partial charge in [0.05, 0.1) is 0 Å². The highest BCUT2D eigenvalue weighted by Gasteiger charge is 2.40. The Morgan fingerprint density at radius 1 is 1.33 bits per heavy atom. The van der Waals surface area contributed by atoms with Gasteiger partial charge >= 0.3 is 0 Å². The second kappa shape index (κ2) is 5.34. The van der Waals surface area contributed by atoms with Crippen LogP contribution in [0.3, 0.4) is 0 Å². The minimum absolute atomic E-state index is 0.141. The van der Waals surface area contributed by atoms with Crippen molar-refractivity contribution in [1.29, 1.82) is 0 Å². The van der Waals surface area contributed by atoms with E-state index in [1.54, 1.807) is 0 Å². The first kappa shape index (κ1) is 13.0. The van der Waals surface area contributed by atoms with Gasteiger partial charge in [-0.1, -0.05) is 47.0 Å². The second-order valence-corrected chi connectivity index (χ2v) is 6.07. The molecule has 0 aliphatic heterocycles. The Morgan fingerprint density at radius 3 is 2.53 bits per heavy atom. The molecule has 15 heavy (non-hydrogen) atoms. The maximum atomic E-state index is 6.68. The smallest absolute Gasteiger partial charge is 0.0187 e. The average molecular weight is 211 g/mol. The van der Waals surface area contributed by atoms with E-state index in [0.29, 0.717) is 0 Å². The van der Waals surface area contributed by atoms with E-state index in [0.717, 1.165) is 17.8 Å². The highest BCUT2D eigenvalue weighted by Crippen LogP contribution is 2.41. The van der Waals surface area contributed by atoms with Gasteiger partial charge in [-0.25, -0.2) is 0 Å². The van der Waals surface area contributed by atoms with Crippen LogP contribution in [0.15, 0.2) is 0 Å². The molecule has 3 atom stereocenters. The van der Waals surface area contributed by atoms with E-state index in [2.05, 4.69) is 27.7 Å². The molecule has 0 aromatic carbocycles. The highest BCUT2D eigenvalue weighted by atomic mass is 14.8. The average Bonchev–Trinajstić information content (AvgIpc) is 2.14. The first-order valence-electron chi connectivity index (χ1n) is 6.78. The summed E-state index contributed by atoms with van der Waals surface area (Å²) in [5, 5.41) is 0. The summed E-state index contributed by atoms with van der Waals surface area (Å²) in [7, 11) is 0. The van der Waals surface area contributed by atoms with Gasteiger partial charge in [0, 0.05) is 5.54 Å². The lowest BCUT2D eigenvalue weighted by atomic mass is 9.64. The standard InChI is InChI=1S/C14H29N/c1-5-6-9-14(15)10-12(4)7-8-13(14)11(2)3/h11-13H,5-10,15H2,1-4H3. The predicted molar refractivity (Wildman–Crippen MR) is 67.8 cm³/mol. The molecule has 0 aromatic rings. The van der Waals surface area contributed by atoms with Crippen LogP contribution in [0.5, 0.6) is 0 Å². The van der Waals surface area contributed by atoms with E-state index in [-0.39, 0.29) is 5.54 Å². The van der Waals surface area contributed by atoms with E-state index >= 15 is 0 Å². The lowest BCUT2D eigenvalue weighted by Gasteiger charge is -2.46. The zero-order valence-electron chi connectivity index (χ0n) is 11.1. The Kier molecular flexibility index (Phi) is 4.64. The minimum atomic E-state index is 0.141. The van der Waals surface area contributed by atoms with E-state index < -0.39 is 0 Å². The second-order valence-electron chi connectivity index (χ2n) is 6.07. The summed E-state index contributed by atoms with van der Waals surface area (Å²) in [6, 6.07) is 0. The number of nitrogens with two attached hydrogens (primary N) is 1. The van der Waals surface area contributed by atoms with Crippen LogP contribution in [0.4, 0.5) is 0 Å². The summed E-state index contributed by atoms with van der Waals surface area (Å²) < 4.78 is 0. The third-order valence-electron chi connectivity index (χ3n) is 4.24. The number of unbranched alkanes of at least 4 members (excludes halogenated alkanes) is 1. The van der Waals surface area contributed by atoms with Gasteiger partial charge in [-0.2, -0.15) is 0 Å². The largest absolute Gasteiger partial charge is 0.325 e. The van der Waals surface area contributed by atoms with Crippen LogP contribution in [0, 0.1) is 17.8 Å². The van der Waals surface area contributed by atoms with E-state index in [4.69, 9.17) is 5.73 Å². The lowest BCUT2D eigenvalue weighted by molar-refractivity contribution is 0.0993. The summed E-state index contributed by atoms with van der Waals surface area (Å²) >= 11 is 0. The summed E-state index contributed by atoms with van der Waals surface area (Å²) in [6.45, 7) is 9.31. The van der Waals surface area contributed by atoms with Crippen LogP contribution in [0.1, 0.15) is 66.2 Å². The molecule has 0 aromatic heterocycles. The third-order valence-corrected chi connectivity index (χ3v) is 4.24. The maximum Gasteiger partial charge on any atom is 0.0187 e. The SMILES string of the molecule is CCCCC1(N)CC(C)CCC1C(C)C. The summed E-state index contributed by atoms with van der Waals surface area (Å²) in [6.07, 6.45) is 7.78. The van der Waals surface area contributed by atoms with Crippen molar-refractivity contribution < 1.29 is 0 Å². The van der Waals surface area contributed by atoms with Gasteiger partial charge in [-0.3, -0.25) is 0 Å². The number of rotatable bonds is 4. The molecule has 0 amide bonds. The Balaban J connectivity index is 2.67. The molecule has 0 radical (unpaired) electrons. The zero-order valence-corrected chi connectivity index (χ0v) is 11.1. The van der Waals surface area contributed by atoms with Crippen LogP contribution in [-0.2, 0) is 0 Å². The van der Waals surface area contributed by atoms with Crippen molar-refractivity contribution in [2.75, 3.05) is 0 Å². The molecule has 2 N–H and O–H groups in total. The van der Waals surface area contributed by atoms with Gasteiger partial charge < -0.3 is 5.73 Å². The first-order chi connectivity index (χ1) is 6.99. The van der Waals surface area contributed by atoms with Crippen molar-refractivity contribution >= 4 is 0 Å². The van der Waals surface area contributed by atoms with Crippen LogP contribution < -0.4 is 5.73 Å². The maximum absolute atomic E-state index is 6.68. The quantitative estimate of drug-likeness (QED) is 0.748. The molecule has 1 aliphatic rings. The molecule has 1 nitrogen and oxygen atoms in total. The molecule has 0 spiro atoms. The summed E-state index contributed by atoms with van der Waals surface area (Å²) in [4.78, 5) is 0. The van der Waals surface area contributed by atoms with Crippen molar-refractivity contribution in [1.82, 2.24) is 0 Å². The molecule has 3 unspecified atom stereocenters. The summed E-state index contributed by atoms with van der Waals surface area (Å²) in [5.41, 5.74) is 6.82. The Hall–Kier alpha value is -0.0400. The molecular formula is C14H29N. The minimum Gasteiger partial charge on any atom is -0.325 e. The van der Waals surface area contributed by atoms with E-state index in [1.807, 2.05) is 0 Å². The van der Waals surface area contributed by atoms with Gasteiger partial charge in [0.15, 0.2) is 0 Å². The van der Waals surface area contributed by atoms with Gasteiger partial charge in [0.1, 0.15) is 0 Å². The van der Waals surface area contributed by atoms with Gasteiger partial charge in [-0.15, -0.1) is 0 Å². The van der Waals surface area contributed by atoms with Gasteiger partial charge in [0.2, 0.25) is 0 Å². The molecule has 0 heterocycles. The molecule has 1 fully saturated rings. The normalized spacial score (nSPS) is 37.2. The molecular weight excluding hydrogens is 182 g/mol. The topological polar surface area (TPSA) is 26.0 Å². The fraction of sp³-hybridized carbons (Fsp3) is 1.00. The molecule has 0 bridgehead atoms. The van der Waals surface area contributed by atoms with Crippen molar-refractivity contribution in [2.24, 2.45) is 23.5 Å². The van der Waals surface area contributed by atoms with Crippen LogP contribution in [0.2, 0.25) is 0 Å². The van der Waals surface area contributed by atoms with Crippen molar-refractivity contribution in [3.8, 4) is 0 Å². The molecule has 0 saturated heterocycles. The Bertz CT molecular complexity index is 188. The van der Waals surface area contributed by atoms with Crippen LogP contribution in [-0.4, -0.2) is 5.54 Å². The number of hydrogen-bond acceptors (Lipinski definition) is 1. The number of hydrogen-bond donors (Lipinski definition) is 1. The van der Waals surface area contributed by atoms with Crippen LogP contribution in [0.25, 0.3) is 0 Å². The predicted octanol–water partition coefficient (Wildman–Crippen LogP) is 3.97. The first-order valence-corrected chi connectivity index (χ1v) is 6.78. The third kappa shape index (κ3) is 3.21. The fourth-order valence-corrected chi connectivity index (χ4v) is 3.44. The van der Waals surface area contributed by atoms with E-state index in [1.165, 1.54) is 38.5 Å². The molecule has 1 heteroatoms. The Morgan fingerprint density at radius 2 is 2.00 bits per heavy atom. The summed E-state index contributed by atoms with van der Waals surface area (Å²) in [5.74, 6) is 2.33. The monoisotopic (exact) mass is 211 g/mol.